The van der Waals surface area contributed by atoms with Gasteiger partial charge in [-0.25, -0.2) is 4.79 Å². The number of methoxy groups -OCH3 is 1. The van der Waals surface area contributed by atoms with E-state index in [-0.39, 0.29) is 36.9 Å². The van der Waals surface area contributed by atoms with Crippen molar-refractivity contribution in [3.63, 3.8) is 0 Å². The second kappa shape index (κ2) is 6.41. The molecule has 1 aliphatic rings. The molecule has 0 aliphatic carbocycles. The average Bonchev–Trinajstić information content (AvgIpc) is 2.78. The molecule has 6 nitrogen and oxygen atoms in total. The largest absolute Gasteiger partial charge is 0.466 e. The fourth-order valence-electron chi connectivity index (χ4n) is 2.13. The first kappa shape index (κ1) is 15.1. The lowest BCUT2D eigenvalue weighted by molar-refractivity contribution is -0.136. The number of hydrogen-bond acceptors (Lipinski definition) is 5. The smallest absolute Gasteiger partial charge is 0.337 e. The highest BCUT2D eigenvalue weighted by atomic mass is 16.5. The number of esters is 1. The number of β-amino-alcohol motifs (C(OH)–C–C–N with tert-alkyl or cyclic N) is 1. The summed E-state index contributed by atoms with van der Waals surface area (Å²) in [6.45, 7) is 2.13. The monoisotopic (exact) mass is 290 g/mol. The Morgan fingerprint density at radius 3 is 2.62 bits per heavy atom. The number of amides is 1. The molecular weight excluding hydrogens is 272 g/mol. The zero-order valence-electron chi connectivity index (χ0n) is 12.0. The Kier molecular flexibility index (Phi) is 4.59. The minimum absolute atomic E-state index is 0.139. The molecule has 0 saturated heterocycles. The highest BCUT2D eigenvalue weighted by molar-refractivity contribution is 6.08. The summed E-state index contributed by atoms with van der Waals surface area (Å²) in [5.41, 5.74) is 2.30. The molecular formula is C15H18N2O4. The molecule has 6 heteroatoms. The number of carbonyl (C=O) groups is 2. The predicted octanol–water partition coefficient (Wildman–Crippen LogP) is 0.669. The number of rotatable bonds is 5. The number of carbonyl (C=O) groups excluding carboxylic acids is 2. The van der Waals surface area contributed by atoms with Gasteiger partial charge in [0.05, 0.1) is 25.8 Å². The second-order valence-electron chi connectivity index (χ2n) is 4.79. The molecule has 0 unspecified atom stereocenters. The summed E-state index contributed by atoms with van der Waals surface area (Å²) in [5.74, 6) is -0.858. The van der Waals surface area contributed by atoms with Gasteiger partial charge in [0.1, 0.15) is 5.70 Å². The summed E-state index contributed by atoms with van der Waals surface area (Å²) in [7, 11) is 1.28. The van der Waals surface area contributed by atoms with Crippen LogP contribution in [0.25, 0.3) is 0 Å². The Bertz CT molecular complexity index is 578. The average molecular weight is 290 g/mol. The molecule has 0 atom stereocenters. The van der Waals surface area contributed by atoms with Crippen molar-refractivity contribution in [2.75, 3.05) is 32.1 Å². The van der Waals surface area contributed by atoms with Crippen LogP contribution < -0.4 is 5.32 Å². The minimum atomic E-state index is -0.543. The Balaban J connectivity index is 2.28. The van der Waals surface area contributed by atoms with Gasteiger partial charge in [0.15, 0.2) is 0 Å². The molecule has 1 heterocycles. The number of nitrogens with one attached hydrogen (secondary N) is 1. The summed E-state index contributed by atoms with van der Waals surface area (Å²) < 4.78 is 4.72. The molecule has 1 aliphatic heterocycles. The normalized spacial score (nSPS) is 14.6. The van der Waals surface area contributed by atoms with E-state index in [1.807, 2.05) is 31.2 Å². The van der Waals surface area contributed by atoms with Crippen molar-refractivity contribution in [3.05, 3.63) is 41.1 Å². The molecule has 1 aromatic rings. The van der Waals surface area contributed by atoms with Crippen molar-refractivity contribution >= 4 is 17.6 Å². The van der Waals surface area contributed by atoms with E-state index in [9.17, 15) is 9.59 Å². The maximum absolute atomic E-state index is 12.3. The molecule has 0 radical (unpaired) electrons. The third-order valence-electron chi connectivity index (χ3n) is 3.27. The van der Waals surface area contributed by atoms with E-state index in [2.05, 4.69) is 5.32 Å². The van der Waals surface area contributed by atoms with Crippen molar-refractivity contribution in [2.24, 2.45) is 0 Å². The fourth-order valence-corrected chi connectivity index (χ4v) is 2.13. The van der Waals surface area contributed by atoms with E-state index >= 15 is 0 Å². The van der Waals surface area contributed by atoms with Gasteiger partial charge in [-0.2, -0.15) is 0 Å². The zero-order chi connectivity index (χ0) is 15.4. The standard InChI is InChI=1S/C15H18N2O4/c1-10-3-5-11(6-4-10)16-13-12(15(20)21-2)9-17(7-8-18)14(13)19/h3-6,16,18H,7-9H2,1-2H3. The molecule has 112 valence electrons. The van der Waals surface area contributed by atoms with Crippen molar-refractivity contribution in [1.82, 2.24) is 4.90 Å². The summed E-state index contributed by atoms with van der Waals surface area (Å²) in [6.07, 6.45) is 0. The van der Waals surface area contributed by atoms with Crippen LogP contribution in [0.1, 0.15) is 5.56 Å². The Morgan fingerprint density at radius 2 is 2.05 bits per heavy atom. The van der Waals surface area contributed by atoms with E-state index in [1.165, 1.54) is 12.0 Å². The Labute approximate surface area is 123 Å². The summed E-state index contributed by atoms with van der Waals surface area (Å²) in [4.78, 5) is 25.5. The van der Waals surface area contributed by atoms with Gasteiger partial charge in [-0.05, 0) is 19.1 Å². The number of aliphatic hydroxyl groups excluding tert-OH is 1. The number of nitrogens with zero attached hydrogens (tertiary/aromatic N) is 1. The van der Waals surface area contributed by atoms with Gasteiger partial charge in [0.2, 0.25) is 0 Å². The quantitative estimate of drug-likeness (QED) is 0.779. The topological polar surface area (TPSA) is 78.9 Å². The molecule has 2 N–H and O–H groups in total. The van der Waals surface area contributed by atoms with Crippen LogP contribution in [-0.4, -0.2) is 48.7 Å². The van der Waals surface area contributed by atoms with E-state index in [0.717, 1.165) is 11.3 Å². The lowest BCUT2D eigenvalue weighted by Crippen LogP contribution is -2.31. The molecule has 0 bridgehead atoms. The van der Waals surface area contributed by atoms with Crippen LogP contribution in [0.5, 0.6) is 0 Å². The van der Waals surface area contributed by atoms with Gasteiger partial charge in [-0.15, -0.1) is 0 Å². The first-order chi connectivity index (χ1) is 10.1. The van der Waals surface area contributed by atoms with Gasteiger partial charge in [-0.3, -0.25) is 4.79 Å². The predicted molar refractivity (Wildman–Crippen MR) is 77.5 cm³/mol. The number of ether oxygens (including phenoxy) is 1. The van der Waals surface area contributed by atoms with Crippen LogP contribution in [0.4, 0.5) is 5.69 Å². The number of hydrogen-bond donors (Lipinski definition) is 2. The van der Waals surface area contributed by atoms with E-state index in [0.29, 0.717) is 0 Å². The van der Waals surface area contributed by atoms with Gasteiger partial charge >= 0.3 is 5.97 Å². The Morgan fingerprint density at radius 1 is 1.38 bits per heavy atom. The van der Waals surface area contributed by atoms with Crippen LogP contribution in [0, 0.1) is 6.92 Å². The number of benzene rings is 1. The summed E-state index contributed by atoms with van der Waals surface area (Å²) >= 11 is 0. The highest BCUT2D eigenvalue weighted by Gasteiger charge is 2.34. The van der Waals surface area contributed by atoms with E-state index < -0.39 is 5.97 Å². The highest BCUT2D eigenvalue weighted by Crippen LogP contribution is 2.22. The molecule has 0 saturated carbocycles. The number of anilines is 1. The number of aryl methyl sites for hydroxylation is 1. The molecule has 0 aromatic heterocycles. The molecule has 1 amide bonds. The minimum Gasteiger partial charge on any atom is -0.466 e. The van der Waals surface area contributed by atoms with Crippen LogP contribution in [0.15, 0.2) is 35.5 Å². The van der Waals surface area contributed by atoms with Crippen molar-refractivity contribution in [3.8, 4) is 0 Å². The van der Waals surface area contributed by atoms with Crippen LogP contribution in [0.3, 0.4) is 0 Å². The first-order valence-corrected chi connectivity index (χ1v) is 6.62. The van der Waals surface area contributed by atoms with Crippen molar-refractivity contribution < 1.29 is 19.4 Å². The maximum atomic E-state index is 12.3. The fraction of sp³-hybridized carbons (Fsp3) is 0.333. The zero-order valence-corrected chi connectivity index (χ0v) is 12.0. The van der Waals surface area contributed by atoms with Crippen LogP contribution in [0.2, 0.25) is 0 Å². The Hall–Kier alpha value is -2.34. The van der Waals surface area contributed by atoms with Crippen molar-refractivity contribution in [1.29, 1.82) is 0 Å². The molecule has 0 fully saturated rings. The lowest BCUT2D eigenvalue weighted by Gasteiger charge is -2.15. The second-order valence-corrected chi connectivity index (χ2v) is 4.79. The molecule has 21 heavy (non-hydrogen) atoms. The van der Waals surface area contributed by atoms with E-state index in [4.69, 9.17) is 9.84 Å². The van der Waals surface area contributed by atoms with Crippen molar-refractivity contribution in [2.45, 2.75) is 6.92 Å². The first-order valence-electron chi connectivity index (χ1n) is 6.62. The van der Waals surface area contributed by atoms with Crippen LogP contribution >= 0.6 is 0 Å². The van der Waals surface area contributed by atoms with Gasteiger partial charge in [0.25, 0.3) is 5.91 Å². The third-order valence-corrected chi connectivity index (χ3v) is 3.27. The van der Waals surface area contributed by atoms with Gasteiger partial charge < -0.3 is 20.1 Å². The summed E-state index contributed by atoms with van der Waals surface area (Å²) in [5, 5.41) is 12.0. The lowest BCUT2D eigenvalue weighted by atomic mass is 10.2. The maximum Gasteiger partial charge on any atom is 0.337 e. The molecule has 1 aromatic carbocycles. The van der Waals surface area contributed by atoms with E-state index in [1.54, 1.807) is 0 Å². The third kappa shape index (κ3) is 3.22. The van der Waals surface area contributed by atoms with Crippen LogP contribution in [-0.2, 0) is 14.3 Å². The molecule has 2 rings (SSSR count). The van der Waals surface area contributed by atoms with Gasteiger partial charge in [-0.1, -0.05) is 17.7 Å². The number of aliphatic hydroxyl groups is 1. The SMILES string of the molecule is COC(=O)C1=C(Nc2ccc(C)cc2)C(=O)N(CCO)C1. The molecule has 0 spiro atoms. The summed E-state index contributed by atoms with van der Waals surface area (Å²) in [6, 6.07) is 7.48. The van der Waals surface area contributed by atoms with Gasteiger partial charge in [0, 0.05) is 12.2 Å².